The Kier molecular flexibility index (Phi) is 8.06. The van der Waals surface area contributed by atoms with Gasteiger partial charge in [0.1, 0.15) is 24.5 Å². The number of nitrogens with zero attached hydrogens (tertiary/aromatic N) is 1. The Morgan fingerprint density at radius 2 is 1.69 bits per heavy atom. The zero-order chi connectivity index (χ0) is 25.3. The Balaban J connectivity index is 1.24. The van der Waals surface area contributed by atoms with Crippen LogP contribution in [0.25, 0.3) is 0 Å². The number of unbranched alkanes of at least 4 members (excludes halogenated alkanes) is 2. The molecule has 1 aromatic carbocycles. The first kappa shape index (κ1) is 26.7. The van der Waals surface area contributed by atoms with Crippen molar-refractivity contribution >= 4 is 5.78 Å². The Hall–Kier alpha value is -1.35. The minimum Gasteiger partial charge on any atom is -0.348 e. The fourth-order valence-corrected chi connectivity index (χ4v) is 5.63. The van der Waals surface area contributed by atoms with Crippen molar-refractivity contribution in [1.82, 2.24) is 0 Å². The van der Waals surface area contributed by atoms with Crippen molar-refractivity contribution in [3.63, 3.8) is 0 Å². The van der Waals surface area contributed by atoms with Gasteiger partial charge in [0.2, 0.25) is 0 Å². The van der Waals surface area contributed by atoms with E-state index in [4.69, 9.17) is 23.7 Å². The highest BCUT2D eigenvalue weighted by Crippen LogP contribution is 2.45. The molecule has 0 spiro atoms. The fraction of sp³-hybridized carbons (Fsp3) is 0.750. The van der Waals surface area contributed by atoms with Gasteiger partial charge in [0.15, 0.2) is 17.9 Å². The van der Waals surface area contributed by atoms with E-state index in [0.717, 1.165) is 36.8 Å². The zero-order valence-electron chi connectivity index (χ0n) is 22.3. The molecule has 7 heteroatoms. The molecule has 3 fully saturated rings. The maximum Gasteiger partial charge on any atom is 0.187 e. The van der Waals surface area contributed by atoms with Crippen molar-refractivity contribution in [2.75, 3.05) is 27.2 Å². The number of fused-ring (bicyclic) bond motifs is 1. The third kappa shape index (κ3) is 7.12. The van der Waals surface area contributed by atoms with E-state index >= 15 is 0 Å². The van der Waals surface area contributed by atoms with Crippen LogP contribution in [0.1, 0.15) is 65.4 Å². The smallest absolute Gasteiger partial charge is 0.187 e. The molecule has 3 heterocycles. The molecule has 3 aliphatic rings. The Labute approximate surface area is 210 Å². The van der Waals surface area contributed by atoms with Crippen LogP contribution in [0.4, 0.5) is 0 Å². The van der Waals surface area contributed by atoms with Gasteiger partial charge in [-0.2, -0.15) is 0 Å². The molecule has 4 rings (SSSR count). The maximum absolute atomic E-state index is 13.0. The molecule has 0 bridgehead atoms. The molecule has 0 aromatic heterocycles. The van der Waals surface area contributed by atoms with E-state index in [1.165, 1.54) is 5.56 Å². The molecule has 3 saturated heterocycles. The van der Waals surface area contributed by atoms with Crippen molar-refractivity contribution in [2.24, 2.45) is 5.92 Å². The molecule has 0 radical (unpaired) electrons. The molecule has 2 unspecified atom stereocenters. The average Bonchev–Trinajstić information content (AvgIpc) is 3.37. The fourth-order valence-electron chi connectivity index (χ4n) is 5.63. The molecule has 196 valence electrons. The van der Waals surface area contributed by atoms with Gasteiger partial charge < -0.3 is 28.2 Å². The highest BCUT2D eigenvalue weighted by molar-refractivity contribution is 5.78. The summed E-state index contributed by atoms with van der Waals surface area (Å²) in [5.74, 6) is -1.20. The lowest BCUT2D eigenvalue weighted by molar-refractivity contribution is -0.903. The number of carbonyl (C=O) groups excluding carboxylic acids is 1. The zero-order valence-corrected chi connectivity index (χ0v) is 22.3. The van der Waals surface area contributed by atoms with Crippen molar-refractivity contribution in [3.8, 4) is 0 Å². The highest BCUT2D eigenvalue weighted by atomic mass is 16.8. The molecule has 7 nitrogen and oxygen atoms in total. The maximum atomic E-state index is 13.0. The van der Waals surface area contributed by atoms with Crippen molar-refractivity contribution in [1.29, 1.82) is 0 Å². The summed E-state index contributed by atoms with van der Waals surface area (Å²) in [7, 11) is 4.55. The molecule has 1 aromatic rings. The molecule has 0 aliphatic carbocycles. The number of carbonyl (C=O) groups is 1. The Morgan fingerprint density at radius 1 is 0.943 bits per heavy atom. The lowest BCUT2D eigenvalue weighted by Crippen LogP contribution is -2.40. The van der Waals surface area contributed by atoms with Gasteiger partial charge in [-0.3, -0.25) is 4.79 Å². The summed E-state index contributed by atoms with van der Waals surface area (Å²) >= 11 is 0. The largest absolute Gasteiger partial charge is 0.348 e. The third-order valence-electron chi connectivity index (χ3n) is 7.26. The highest BCUT2D eigenvalue weighted by Gasteiger charge is 2.58. The first-order valence-electron chi connectivity index (χ1n) is 13.1. The first-order valence-corrected chi connectivity index (χ1v) is 13.1. The molecule has 0 saturated carbocycles. The average molecular weight is 491 g/mol. The third-order valence-corrected chi connectivity index (χ3v) is 7.26. The topological polar surface area (TPSA) is 63.2 Å². The summed E-state index contributed by atoms with van der Waals surface area (Å²) in [4.78, 5) is 13.0. The Bertz CT molecular complexity index is 854. The van der Waals surface area contributed by atoms with Crippen molar-refractivity contribution < 1.29 is 33.0 Å². The van der Waals surface area contributed by atoms with Crippen LogP contribution in [0.5, 0.6) is 0 Å². The first-order chi connectivity index (χ1) is 16.4. The second-order valence-electron chi connectivity index (χ2n) is 12.0. The van der Waals surface area contributed by atoms with Gasteiger partial charge in [0, 0.05) is 24.3 Å². The van der Waals surface area contributed by atoms with Gasteiger partial charge in [0.05, 0.1) is 33.4 Å². The van der Waals surface area contributed by atoms with Gasteiger partial charge in [-0.1, -0.05) is 30.3 Å². The van der Waals surface area contributed by atoms with Crippen molar-refractivity contribution in [3.05, 3.63) is 35.9 Å². The minimum atomic E-state index is -0.710. The summed E-state index contributed by atoms with van der Waals surface area (Å²) < 4.78 is 31.2. The van der Waals surface area contributed by atoms with E-state index in [1.807, 2.05) is 27.7 Å². The number of ketones is 1. The molecular formula is C28H44NO6+. The van der Waals surface area contributed by atoms with Crippen LogP contribution in [0.2, 0.25) is 0 Å². The predicted octanol–water partition coefficient (Wildman–Crippen LogP) is 4.43. The van der Waals surface area contributed by atoms with Gasteiger partial charge in [-0.25, -0.2) is 0 Å². The van der Waals surface area contributed by atoms with E-state index in [2.05, 4.69) is 44.4 Å². The van der Waals surface area contributed by atoms with Crippen LogP contribution in [-0.2, 0) is 35.0 Å². The van der Waals surface area contributed by atoms with Crippen LogP contribution < -0.4 is 0 Å². The second kappa shape index (κ2) is 10.6. The molecule has 3 aliphatic heterocycles. The van der Waals surface area contributed by atoms with Gasteiger partial charge in [-0.05, 0) is 47.0 Å². The van der Waals surface area contributed by atoms with E-state index in [1.54, 1.807) is 0 Å². The monoisotopic (exact) mass is 490 g/mol. The quantitative estimate of drug-likeness (QED) is 0.338. The van der Waals surface area contributed by atoms with Crippen LogP contribution in [-0.4, -0.2) is 73.7 Å². The van der Waals surface area contributed by atoms with Gasteiger partial charge in [-0.15, -0.1) is 0 Å². The van der Waals surface area contributed by atoms with Gasteiger partial charge in [0.25, 0.3) is 0 Å². The number of Topliss-reactive ketones (excluding diaryl/α,β-unsaturated/α-hetero) is 1. The molecule has 0 N–H and O–H groups in total. The van der Waals surface area contributed by atoms with Crippen LogP contribution in [0.3, 0.4) is 0 Å². The standard InChI is InChI=1S/C28H44NO6/c1-27(2)31-19-23(33-27)24-22(25-26(32-24)35-28(3,4)34-25)17-21(30)15-11-8-12-16-29(5,6)18-20-13-9-7-10-14-20/h7,9-10,13-14,22-26H,8,11-12,15-19H2,1-6H3/q+1/t22?,23-,24?,25-,26-/m1/s1. The number of quaternary nitrogens is 1. The van der Waals surface area contributed by atoms with Gasteiger partial charge >= 0.3 is 0 Å². The summed E-state index contributed by atoms with van der Waals surface area (Å²) in [6.45, 7) is 10.1. The molecule has 0 amide bonds. The number of rotatable bonds is 11. The summed E-state index contributed by atoms with van der Waals surface area (Å²) in [5.41, 5.74) is 1.36. The Morgan fingerprint density at radius 3 is 2.37 bits per heavy atom. The van der Waals surface area contributed by atoms with E-state index in [9.17, 15) is 4.79 Å². The van der Waals surface area contributed by atoms with Crippen LogP contribution in [0, 0.1) is 5.92 Å². The molecule has 35 heavy (non-hydrogen) atoms. The summed E-state index contributed by atoms with van der Waals surface area (Å²) in [6, 6.07) is 10.6. The molecular weight excluding hydrogens is 446 g/mol. The van der Waals surface area contributed by atoms with Crippen molar-refractivity contribution in [2.45, 2.75) is 103 Å². The summed E-state index contributed by atoms with van der Waals surface area (Å²) in [5, 5.41) is 0. The number of ether oxygens (including phenoxy) is 5. The van der Waals surface area contributed by atoms with E-state index in [0.29, 0.717) is 19.4 Å². The molecule has 5 atom stereocenters. The van der Waals surface area contributed by atoms with Crippen LogP contribution >= 0.6 is 0 Å². The number of benzene rings is 1. The number of hydrogen-bond donors (Lipinski definition) is 0. The normalized spacial score (nSPS) is 31.5. The second-order valence-corrected chi connectivity index (χ2v) is 12.0. The minimum absolute atomic E-state index is 0.0988. The summed E-state index contributed by atoms with van der Waals surface area (Å²) in [6.07, 6.45) is 2.85. The SMILES string of the molecule is CC1(C)O[C@H]2OC([C@H]3COC(C)(C)O3)C(CC(=O)CCCCC[N+](C)(C)Cc3ccccc3)[C@H]2O1. The van der Waals surface area contributed by atoms with E-state index in [-0.39, 0.29) is 30.0 Å². The van der Waals surface area contributed by atoms with E-state index < -0.39 is 17.9 Å². The lowest BCUT2D eigenvalue weighted by Gasteiger charge is -2.30. The lowest BCUT2D eigenvalue weighted by atomic mass is 9.88. The number of hydrogen-bond acceptors (Lipinski definition) is 6. The predicted molar refractivity (Wildman–Crippen MR) is 132 cm³/mol. The van der Waals surface area contributed by atoms with Crippen LogP contribution in [0.15, 0.2) is 30.3 Å².